The van der Waals surface area contributed by atoms with Crippen LogP contribution in [0.3, 0.4) is 0 Å². The molecular weight excluding hydrogens is 412 g/mol. The lowest BCUT2D eigenvalue weighted by atomic mass is 10.1. The molecule has 1 heterocycles. The number of nitrogens with zero attached hydrogens (tertiary/aromatic N) is 2. The molecule has 0 saturated carbocycles. The summed E-state index contributed by atoms with van der Waals surface area (Å²) in [5.41, 5.74) is 3.07. The number of hydrogen-bond acceptors (Lipinski definition) is 2. The van der Waals surface area contributed by atoms with E-state index < -0.39 is 0 Å². The second-order valence-electron chi connectivity index (χ2n) is 5.99. The van der Waals surface area contributed by atoms with Gasteiger partial charge in [-0.05, 0) is 48.0 Å². The fourth-order valence-corrected chi connectivity index (χ4v) is 3.42. The van der Waals surface area contributed by atoms with Crippen LogP contribution in [0.25, 0.3) is 10.9 Å². The Labute approximate surface area is 164 Å². The normalized spacial score (nSPS) is 11.0. The Bertz CT molecular complexity index is 1090. The number of halogens is 2. The molecule has 0 unspecified atom stereocenters. The van der Waals surface area contributed by atoms with E-state index >= 15 is 0 Å². The molecule has 0 atom stereocenters. The highest BCUT2D eigenvalue weighted by Gasteiger charge is 2.19. The van der Waals surface area contributed by atoms with Gasteiger partial charge >= 0.3 is 0 Å². The summed E-state index contributed by atoms with van der Waals surface area (Å²) >= 11 is 9.43. The van der Waals surface area contributed by atoms with Crippen LogP contribution in [0.15, 0.2) is 77.3 Å². The van der Waals surface area contributed by atoms with Crippen LogP contribution in [0.1, 0.15) is 21.6 Å². The monoisotopic (exact) mass is 424 g/mol. The molecule has 128 valence electrons. The maximum absolute atomic E-state index is 13.0. The van der Waals surface area contributed by atoms with Crippen LogP contribution in [-0.2, 0) is 6.54 Å². The average Bonchev–Trinajstić information content (AvgIpc) is 3.00. The number of carbonyl (C=O) groups is 1. The van der Waals surface area contributed by atoms with E-state index in [0.29, 0.717) is 22.8 Å². The maximum Gasteiger partial charge on any atom is 0.213 e. The van der Waals surface area contributed by atoms with E-state index in [-0.39, 0.29) is 5.78 Å². The predicted molar refractivity (Wildman–Crippen MR) is 108 cm³/mol. The Morgan fingerprint density at radius 1 is 1.00 bits per heavy atom. The molecule has 0 aliphatic rings. The zero-order valence-corrected chi connectivity index (χ0v) is 16.0. The predicted octanol–water partition coefficient (Wildman–Crippen LogP) is 5.73. The third-order valence-electron chi connectivity index (χ3n) is 4.21. The molecule has 0 radical (unpaired) electrons. The van der Waals surface area contributed by atoms with Gasteiger partial charge in [0, 0.05) is 20.4 Å². The summed E-state index contributed by atoms with van der Waals surface area (Å²) in [5, 5.41) is 6.07. The Morgan fingerprint density at radius 3 is 2.46 bits per heavy atom. The lowest BCUT2D eigenvalue weighted by Gasteiger charge is -2.03. The van der Waals surface area contributed by atoms with Crippen molar-refractivity contribution < 1.29 is 4.79 Å². The number of ketones is 1. The molecule has 4 rings (SSSR count). The zero-order valence-electron chi connectivity index (χ0n) is 13.7. The molecule has 3 nitrogen and oxygen atoms in total. The average molecular weight is 426 g/mol. The summed E-state index contributed by atoms with van der Waals surface area (Å²) in [6.07, 6.45) is 0. The smallest absolute Gasteiger partial charge is 0.213 e. The van der Waals surface area contributed by atoms with E-state index in [1.165, 1.54) is 0 Å². The van der Waals surface area contributed by atoms with Crippen molar-refractivity contribution in [3.8, 4) is 0 Å². The quantitative estimate of drug-likeness (QED) is 0.391. The number of aromatic nitrogens is 2. The van der Waals surface area contributed by atoms with Crippen LogP contribution < -0.4 is 0 Å². The number of fused-ring (bicyclic) bond motifs is 1. The molecule has 0 N–H and O–H groups in total. The van der Waals surface area contributed by atoms with Gasteiger partial charge in [-0.2, -0.15) is 5.10 Å². The van der Waals surface area contributed by atoms with Gasteiger partial charge in [0.15, 0.2) is 0 Å². The van der Waals surface area contributed by atoms with Crippen LogP contribution in [0.2, 0.25) is 5.02 Å². The largest absolute Gasteiger partial charge is 0.287 e. The highest BCUT2D eigenvalue weighted by molar-refractivity contribution is 9.10. The topological polar surface area (TPSA) is 34.9 Å². The van der Waals surface area contributed by atoms with Crippen molar-refractivity contribution in [3.05, 3.63) is 99.1 Å². The number of carbonyl (C=O) groups excluding carboxylic acids is 1. The van der Waals surface area contributed by atoms with Crippen LogP contribution in [0.4, 0.5) is 0 Å². The van der Waals surface area contributed by atoms with Crippen LogP contribution in [0.5, 0.6) is 0 Å². The molecule has 1 aromatic heterocycles. The minimum absolute atomic E-state index is 0.114. The fourth-order valence-electron chi connectivity index (χ4n) is 2.93. The summed E-state index contributed by atoms with van der Waals surface area (Å²) < 4.78 is 2.79. The molecular formula is C21H14BrClN2O. The van der Waals surface area contributed by atoms with Gasteiger partial charge < -0.3 is 0 Å². The highest BCUT2D eigenvalue weighted by atomic mass is 79.9. The fraction of sp³-hybridized carbons (Fsp3) is 0.0476. The molecule has 3 aromatic carbocycles. The number of rotatable bonds is 4. The lowest BCUT2D eigenvalue weighted by Crippen LogP contribution is -2.06. The Hall–Kier alpha value is -2.43. The third-order valence-corrected chi connectivity index (χ3v) is 4.95. The van der Waals surface area contributed by atoms with Gasteiger partial charge in [0.25, 0.3) is 0 Å². The van der Waals surface area contributed by atoms with Gasteiger partial charge in [-0.1, -0.05) is 57.9 Å². The molecule has 0 amide bonds. The van der Waals surface area contributed by atoms with E-state index in [9.17, 15) is 4.79 Å². The van der Waals surface area contributed by atoms with Gasteiger partial charge in [0.1, 0.15) is 5.69 Å². The van der Waals surface area contributed by atoms with Crippen LogP contribution in [0, 0.1) is 0 Å². The van der Waals surface area contributed by atoms with Gasteiger partial charge in [-0.25, -0.2) is 0 Å². The third kappa shape index (κ3) is 3.30. The number of benzene rings is 3. The highest BCUT2D eigenvalue weighted by Crippen LogP contribution is 2.26. The second kappa shape index (κ2) is 7.06. The van der Waals surface area contributed by atoms with Crippen molar-refractivity contribution in [2.75, 3.05) is 0 Å². The minimum Gasteiger partial charge on any atom is -0.287 e. The first-order chi connectivity index (χ1) is 12.6. The van der Waals surface area contributed by atoms with E-state index in [1.54, 1.807) is 24.3 Å². The standard InChI is InChI=1S/C21H14BrClN2O/c22-16-8-11-19-18(12-16)20(21(26)15-6-9-17(23)10-7-15)24-25(19)13-14-4-2-1-3-5-14/h1-12H,13H2. The first-order valence-corrected chi connectivity index (χ1v) is 9.29. The molecule has 0 saturated heterocycles. The van der Waals surface area contributed by atoms with Crippen LogP contribution in [-0.4, -0.2) is 15.6 Å². The molecule has 0 aliphatic carbocycles. The van der Waals surface area contributed by atoms with Crippen molar-refractivity contribution in [1.82, 2.24) is 9.78 Å². The summed E-state index contributed by atoms with van der Waals surface area (Å²) in [4.78, 5) is 13.0. The molecule has 0 fully saturated rings. The molecule has 26 heavy (non-hydrogen) atoms. The van der Waals surface area contributed by atoms with E-state index in [0.717, 1.165) is 20.9 Å². The van der Waals surface area contributed by atoms with Gasteiger partial charge in [0.05, 0.1) is 12.1 Å². The van der Waals surface area contributed by atoms with Crippen molar-refractivity contribution in [2.45, 2.75) is 6.54 Å². The molecule has 0 bridgehead atoms. The maximum atomic E-state index is 13.0. The zero-order chi connectivity index (χ0) is 18.1. The first kappa shape index (κ1) is 17.0. The Morgan fingerprint density at radius 2 is 1.73 bits per heavy atom. The second-order valence-corrected chi connectivity index (χ2v) is 7.34. The SMILES string of the molecule is O=C(c1ccc(Cl)cc1)c1nn(Cc2ccccc2)c2ccc(Br)cc12. The molecule has 5 heteroatoms. The Kier molecular flexibility index (Phi) is 4.62. The Balaban J connectivity index is 1.82. The summed E-state index contributed by atoms with van der Waals surface area (Å²) in [6.45, 7) is 0.604. The molecule has 0 spiro atoms. The van der Waals surface area contributed by atoms with Gasteiger partial charge in [-0.15, -0.1) is 0 Å². The van der Waals surface area contributed by atoms with Crippen LogP contribution >= 0.6 is 27.5 Å². The number of hydrogen-bond donors (Lipinski definition) is 0. The van der Waals surface area contributed by atoms with Crippen molar-refractivity contribution in [2.24, 2.45) is 0 Å². The van der Waals surface area contributed by atoms with Crippen molar-refractivity contribution in [1.29, 1.82) is 0 Å². The molecule has 4 aromatic rings. The van der Waals surface area contributed by atoms with Crippen molar-refractivity contribution >= 4 is 44.2 Å². The minimum atomic E-state index is -0.114. The summed E-state index contributed by atoms with van der Waals surface area (Å²) in [5.74, 6) is -0.114. The van der Waals surface area contributed by atoms with E-state index in [2.05, 4.69) is 21.0 Å². The summed E-state index contributed by atoms with van der Waals surface area (Å²) in [6, 6.07) is 22.8. The van der Waals surface area contributed by atoms with E-state index in [4.69, 9.17) is 11.6 Å². The first-order valence-electron chi connectivity index (χ1n) is 8.12. The summed E-state index contributed by atoms with van der Waals surface area (Å²) in [7, 11) is 0. The molecule has 0 aliphatic heterocycles. The lowest BCUT2D eigenvalue weighted by molar-refractivity contribution is 0.103. The van der Waals surface area contributed by atoms with Crippen molar-refractivity contribution in [3.63, 3.8) is 0 Å². The van der Waals surface area contributed by atoms with E-state index in [1.807, 2.05) is 53.2 Å². The van der Waals surface area contributed by atoms with Gasteiger partial charge in [0.2, 0.25) is 5.78 Å². The van der Waals surface area contributed by atoms with Gasteiger partial charge in [-0.3, -0.25) is 9.48 Å².